The van der Waals surface area contributed by atoms with Gasteiger partial charge < -0.3 is 10.1 Å². The first-order valence-corrected chi connectivity index (χ1v) is 4.87. The molecule has 0 radical (unpaired) electrons. The van der Waals surface area contributed by atoms with Gasteiger partial charge in [0, 0.05) is 12.6 Å². The fourth-order valence-electron chi connectivity index (χ4n) is 1.32. The zero-order chi connectivity index (χ0) is 10.8. The van der Waals surface area contributed by atoms with E-state index in [1.165, 1.54) is 0 Å². The van der Waals surface area contributed by atoms with E-state index < -0.39 is 0 Å². The Morgan fingerprint density at radius 3 is 3.00 bits per heavy atom. The standard InChI is InChI=1S/C9H11ClN4O/c1-11-5-6-9(10)14-7(12-6)3-4-8(13-14)15-2/h3-4,11H,5H2,1-2H3. The number of nitrogens with one attached hydrogen (secondary N) is 1. The molecule has 0 aromatic carbocycles. The molecule has 80 valence electrons. The number of nitrogens with zero attached hydrogens (tertiary/aromatic N) is 3. The molecule has 0 saturated carbocycles. The van der Waals surface area contributed by atoms with E-state index in [1.807, 2.05) is 13.1 Å². The van der Waals surface area contributed by atoms with Gasteiger partial charge in [-0.3, -0.25) is 0 Å². The van der Waals surface area contributed by atoms with Crippen molar-refractivity contribution in [3.05, 3.63) is 23.0 Å². The second-order valence-electron chi connectivity index (χ2n) is 3.03. The zero-order valence-electron chi connectivity index (χ0n) is 8.49. The highest BCUT2D eigenvalue weighted by atomic mass is 35.5. The smallest absolute Gasteiger partial charge is 0.231 e. The van der Waals surface area contributed by atoms with Crippen LogP contribution < -0.4 is 10.1 Å². The highest BCUT2D eigenvalue weighted by Gasteiger charge is 2.10. The topological polar surface area (TPSA) is 51.5 Å². The maximum atomic E-state index is 6.11. The quantitative estimate of drug-likeness (QED) is 0.852. The average molecular weight is 227 g/mol. The molecule has 2 aromatic heterocycles. The summed E-state index contributed by atoms with van der Waals surface area (Å²) in [4.78, 5) is 4.33. The lowest BCUT2D eigenvalue weighted by atomic mass is 10.5. The summed E-state index contributed by atoms with van der Waals surface area (Å²) in [6, 6.07) is 3.57. The van der Waals surface area contributed by atoms with Crippen LogP contribution in [0.4, 0.5) is 0 Å². The molecule has 0 atom stereocenters. The van der Waals surface area contributed by atoms with Crippen LogP contribution >= 0.6 is 11.6 Å². The molecule has 0 spiro atoms. The van der Waals surface area contributed by atoms with Gasteiger partial charge in [-0.05, 0) is 13.1 Å². The number of aromatic nitrogens is 3. The van der Waals surface area contributed by atoms with Crippen LogP contribution in [0.25, 0.3) is 5.65 Å². The summed E-state index contributed by atoms with van der Waals surface area (Å²) >= 11 is 6.11. The minimum Gasteiger partial charge on any atom is -0.480 e. The van der Waals surface area contributed by atoms with Gasteiger partial charge in [-0.15, -0.1) is 5.10 Å². The van der Waals surface area contributed by atoms with Crippen molar-refractivity contribution >= 4 is 17.2 Å². The summed E-state index contributed by atoms with van der Waals surface area (Å²) < 4.78 is 6.58. The fourth-order valence-corrected chi connectivity index (χ4v) is 1.56. The van der Waals surface area contributed by atoms with E-state index >= 15 is 0 Å². The van der Waals surface area contributed by atoms with Gasteiger partial charge in [0.1, 0.15) is 0 Å². The lowest BCUT2D eigenvalue weighted by Gasteiger charge is -1.98. The van der Waals surface area contributed by atoms with Crippen molar-refractivity contribution in [2.75, 3.05) is 14.2 Å². The average Bonchev–Trinajstić information content (AvgIpc) is 2.56. The van der Waals surface area contributed by atoms with Crippen LogP contribution in [0.5, 0.6) is 5.88 Å². The molecule has 0 fully saturated rings. The van der Waals surface area contributed by atoms with E-state index in [4.69, 9.17) is 16.3 Å². The molecular weight excluding hydrogens is 216 g/mol. The van der Waals surface area contributed by atoms with E-state index in [0.717, 1.165) is 5.69 Å². The third-order valence-corrected chi connectivity index (χ3v) is 2.40. The molecule has 0 amide bonds. The third-order valence-electron chi connectivity index (χ3n) is 2.02. The Hall–Kier alpha value is -1.33. The van der Waals surface area contributed by atoms with Crippen LogP contribution in [0.3, 0.4) is 0 Å². The van der Waals surface area contributed by atoms with E-state index in [0.29, 0.717) is 23.2 Å². The molecule has 0 aliphatic carbocycles. The highest BCUT2D eigenvalue weighted by Crippen LogP contribution is 2.18. The van der Waals surface area contributed by atoms with E-state index in [9.17, 15) is 0 Å². The first kappa shape index (κ1) is 10.2. The molecule has 2 aromatic rings. The van der Waals surface area contributed by atoms with E-state index in [1.54, 1.807) is 17.7 Å². The molecule has 2 heterocycles. The Morgan fingerprint density at radius 1 is 1.53 bits per heavy atom. The molecule has 0 saturated heterocycles. The summed E-state index contributed by atoms with van der Waals surface area (Å²) in [6.07, 6.45) is 0. The van der Waals surface area contributed by atoms with Crippen LogP contribution in [-0.2, 0) is 6.54 Å². The predicted molar refractivity (Wildman–Crippen MR) is 57.3 cm³/mol. The summed E-state index contributed by atoms with van der Waals surface area (Å²) in [5, 5.41) is 7.68. The second-order valence-corrected chi connectivity index (χ2v) is 3.38. The van der Waals surface area contributed by atoms with Gasteiger partial charge >= 0.3 is 0 Å². The number of hydrogen-bond donors (Lipinski definition) is 1. The molecular formula is C9H11ClN4O. The normalized spacial score (nSPS) is 10.9. The largest absolute Gasteiger partial charge is 0.480 e. The van der Waals surface area contributed by atoms with Gasteiger partial charge in [0.2, 0.25) is 5.88 Å². The first-order chi connectivity index (χ1) is 7.26. The Morgan fingerprint density at radius 2 is 2.33 bits per heavy atom. The Bertz CT molecular complexity index is 482. The monoisotopic (exact) mass is 226 g/mol. The number of methoxy groups -OCH3 is 1. The van der Waals surface area contributed by atoms with Gasteiger partial charge in [-0.1, -0.05) is 11.6 Å². The number of hydrogen-bond acceptors (Lipinski definition) is 4. The van der Waals surface area contributed by atoms with Gasteiger partial charge in [-0.2, -0.15) is 4.52 Å². The van der Waals surface area contributed by atoms with Crippen molar-refractivity contribution in [1.82, 2.24) is 19.9 Å². The maximum absolute atomic E-state index is 6.11. The van der Waals surface area contributed by atoms with Crippen molar-refractivity contribution in [3.63, 3.8) is 0 Å². The lowest BCUT2D eigenvalue weighted by molar-refractivity contribution is 0.390. The molecule has 6 heteroatoms. The van der Waals surface area contributed by atoms with Crippen LogP contribution in [0.15, 0.2) is 12.1 Å². The Labute approximate surface area is 92.0 Å². The van der Waals surface area contributed by atoms with Crippen LogP contribution in [0.1, 0.15) is 5.69 Å². The predicted octanol–water partition coefficient (Wildman–Crippen LogP) is 1.11. The minimum absolute atomic E-state index is 0.512. The van der Waals surface area contributed by atoms with Gasteiger partial charge in [0.15, 0.2) is 10.8 Å². The highest BCUT2D eigenvalue weighted by molar-refractivity contribution is 6.30. The number of halogens is 1. The van der Waals surface area contributed by atoms with Crippen molar-refractivity contribution in [2.24, 2.45) is 0 Å². The van der Waals surface area contributed by atoms with Crippen molar-refractivity contribution in [3.8, 4) is 5.88 Å². The molecule has 0 bridgehead atoms. The summed E-state index contributed by atoms with van der Waals surface area (Å²) in [6.45, 7) is 0.616. The van der Waals surface area contributed by atoms with Crippen molar-refractivity contribution in [1.29, 1.82) is 0 Å². The molecule has 1 N–H and O–H groups in total. The Kier molecular flexibility index (Phi) is 2.75. The molecule has 0 unspecified atom stereocenters. The lowest BCUT2D eigenvalue weighted by Crippen LogP contribution is -2.05. The zero-order valence-corrected chi connectivity index (χ0v) is 9.25. The van der Waals surface area contributed by atoms with E-state index in [-0.39, 0.29) is 0 Å². The summed E-state index contributed by atoms with van der Waals surface area (Å²) in [5.74, 6) is 0.512. The number of fused-ring (bicyclic) bond motifs is 1. The van der Waals surface area contributed by atoms with Gasteiger partial charge in [0.05, 0.1) is 12.8 Å². The van der Waals surface area contributed by atoms with Crippen LogP contribution in [0.2, 0.25) is 5.15 Å². The molecule has 5 nitrogen and oxygen atoms in total. The van der Waals surface area contributed by atoms with Crippen molar-refractivity contribution in [2.45, 2.75) is 6.54 Å². The summed E-state index contributed by atoms with van der Waals surface area (Å²) in [7, 11) is 3.40. The number of ether oxygens (including phenoxy) is 1. The van der Waals surface area contributed by atoms with Gasteiger partial charge in [0.25, 0.3) is 0 Å². The number of rotatable bonds is 3. The molecule has 15 heavy (non-hydrogen) atoms. The van der Waals surface area contributed by atoms with E-state index in [2.05, 4.69) is 15.4 Å². The SMILES string of the molecule is CNCc1nc2ccc(OC)nn2c1Cl. The van der Waals surface area contributed by atoms with Crippen LogP contribution in [-0.4, -0.2) is 28.8 Å². The maximum Gasteiger partial charge on any atom is 0.231 e. The fraction of sp³-hybridized carbons (Fsp3) is 0.333. The van der Waals surface area contributed by atoms with Gasteiger partial charge in [-0.25, -0.2) is 4.98 Å². The second kappa shape index (κ2) is 4.04. The third kappa shape index (κ3) is 1.75. The Balaban J connectivity index is 2.56. The molecule has 0 aliphatic heterocycles. The van der Waals surface area contributed by atoms with Crippen molar-refractivity contribution < 1.29 is 4.74 Å². The first-order valence-electron chi connectivity index (χ1n) is 4.49. The molecule has 0 aliphatic rings. The number of imidazole rings is 1. The minimum atomic E-state index is 0.512. The molecule has 2 rings (SSSR count). The van der Waals surface area contributed by atoms with Crippen LogP contribution in [0, 0.1) is 0 Å². The summed E-state index contributed by atoms with van der Waals surface area (Å²) in [5.41, 5.74) is 1.49.